The first kappa shape index (κ1) is 11.1. The highest BCUT2D eigenvalue weighted by Gasteiger charge is 1.91. The number of hydrogen-bond acceptors (Lipinski definition) is 4. The van der Waals surface area contributed by atoms with E-state index >= 15 is 0 Å². The summed E-state index contributed by atoms with van der Waals surface area (Å²) >= 11 is 0. The van der Waals surface area contributed by atoms with Gasteiger partial charge in [-0.05, 0) is 0 Å². The van der Waals surface area contributed by atoms with Crippen molar-refractivity contribution >= 4 is 10.0 Å². The van der Waals surface area contributed by atoms with Crippen molar-refractivity contribution in [2.45, 2.75) is 0 Å². The third kappa shape index (κ3) is 10.1. The van der Waals surface area contributed by atoms with Gasteiger partial charge in [0.1, 0.15) is 0 Å². The zero-order valence-corrected chi connectivity index (χ0v) is 7.96. The standard InChI is InChI=1S/C6H14O4Si/c1-7-3-5-9-11-10-6-4-8-2/h3-6H2,1-2H3. The van der Waals surface area contributed by atoms with Crippen LogP contribution in [0.5, 0.6) is 0 Å². The highest BCUT2D eigenvalue weighted by molar-refractivity contribution is 6.17. The lowest BCUT2D eigenvalue weighted by Gasteiger charge is -2.01. The molecule has 0 saturated carbocycles. The molecule has 0 aromatic rings. The highest BCUT2D eigenvalue weighted by Crippen LogP contribution is 1.76. The monoisotopic (exact) mass is 178 g/mol. The maximum Gasteiger partial charge on any atom is 0.433 e. The fraction of sp³-hybridized carbons (Fsp3) is 1.00. The van der Waals surface area contributed by atoms with Crippen molar-refractivity contribution in [3.05, 3.63) is 0 Å². The largest absolute Gasteiger partial charge is 0.433 e. The number of hydrogen-bond donors (Lipinski definition) is 0. The maximum absolute atomic E-state index is 5.05. The van der Waals surface area contributed by atoms with E-state index in [2.05, 4.69) is 0 Å². The van der Waals surface area contributed by atoms with Gasteiger partial charge in [-0.3, -0.25) is 0 Å². The minimum atomic E-state index is 0.0919. The van der Waals surface area contributed by atoms with Crippen LogP contribution in [0.15, 0.2) is 0 Å². The third-order valence-electron chi connectivity index (χ3n) is 0.897. The van der Waals surface area contributed by atoms with Crippen molar-refractivity contribution in [1.29, 1.82) is 0 Å². The summed E-state index contributed by atoms with van der Waals surface area (Å²) in [5.74, 6) is 0. The molecule has 0 bridgehead atoms. The maximum atomic E-state index is 5.05. The van der Waals surface area contributed by atoms with Crippen LogP contribution in [0, 0.1) is 0 Å². The zero-order chi connectivity index (χ0) is 8.36. The van der Waals surface area contributed by atoms with Crippen LogP contribution in [-0.4, -0.2) is 50.7 Å². The van der Waals surface area contributed by atoms with Crippen LogP contribution in [0.4, 0.5) is 0 Å². The molecule has 0 saturated heterocycles. The van der Waals surface area contributed by atoms with E-state index in [0.29, 0.717) is 26.4 Å². The second kappa shape index (κ2) is 10.1. The number of rotatable bonds is 8. The summed E-state index contributed by atoms with van der Waals surface area (Å²) in [6.07, 6.45) is 0. The molecule has 0 unspecified atom stereocenters. The summed E-state index contributed by atoms with van der Waals surface area (Å²) in [7, 11) is 3.37. The van der Waals surface area contributed by atoms with E-state index in [4.69, 9.17) is 18.3 Å². The zero-order valence-electron chi connectivity index (χ0n) is 6.96. The van der Waals surface area contributed by atoms with Crippen LogP contribution >= 0.6 is 0 Å². The summed E-state index contributed by atoms with van der Waals surface area (Å²) < 4.78 is 19.6. The fourth-order valence-electron chi connectivity index (χ4n) is 0.375. The van der Waals surface area contributed by atoms with Gasteiger partial charge in [-0.2, -0.15) is 0 Å². The van der Waals surface area contributed by atoms with Crippen molar-refractivity contribution in [2.24, 2.45) is 0 Å². The van der Waals surface area contributed by atoms with Crippen molar-refractivity contribution in [1.82, 2.24) is 0 Å². The topological polar surface area (TPSA) is 36.9 Å². The first-order valence-electron chi connectivity index (χ1n) is 3.38. The van der Waals surface area contributed by atoms with Gasteiger partial charge in [0.25, 0.3) is 0 Å². The van der Waals surface area contributed by atoms with E-state index in [1.165, 1.54) is 0 Å². The molecule has 0 aliphatic heterocycles. The molecule has 0 aromatic carbocycles. The quantitative estimate of drug-likeness (QED) is 0.382. The van der Waals surface area contributed by atoms with Crippen LogP contribution in [0.1, 0.15) is 0 Å². The summed E-state index contributed by atoms with van der Waals surface area (Å²) in [6.45, 7) is 2.39. The summed E-state index contributed by atoms with van der Waals surface area (Å²) in [5, 5.41) is 0. The van der Waals surface area contributed by atoms with Gasteiger partial charge in [0, 0.05) is 14.2 Å². The van der Waals surface area contributed by atoms with Crippen LogP contribution in [-0.2, 0) is 18.3 Å². The van der Waals surface area contributed by atoms with Gasteiger partial charge in [0.2, 0.25) is 0 Å². The molecule has 0 rings (SSSR count). The number of methoxy groups -OCH3 is 2. The summed E-state index contributed by atoms with van der Waals surface area (Å²) in [5.41, 5.74) is 0. The lowest BCUT2D eigenvalue weighted by atomic mass is 10.8. The molecule has 0 heterocycles. The lowest BCUT2D eigenvalue weighted by molar-refractivity contribution is 0.110. The second-order valence-corrected chi connectivity index (χ2v) is 2.51. The van der Waals surface area contributed by atoms with Crippen molar-refractivity contribution in [3.63, 3.8) is 0 Å². The van der Waals surface area contributed by atoms with Gasteiger partial charge < -0.3 is 18.3 Å². The molecule has 0 N–H and O–H groups in total. The van der Waals surface area contributed by atoms with E-state index in [1.54, 1.807) is 14.2 Å². The summed E-state index contributed by atoms with van der Waals surface area (Å²) in [4.78, 5) is 0. The van der Waals surface area contributed by atoms with Crippen molar-refractivity contribution in [3.8, 4) is 0 Å². The Balaban J connectivity index is 2.69. The van der Waals surface area contributed by atoms with E-state index < -0.39 is 0 Å². The smallest absolute Gasteiger partial charge is 0.390 e. The van der Waals surface area contributed by atoms with E-state index in [-0.39, 0.29) is 10.0 Å². The number of ether oxygens (including phenoxy) is 2. The van der Waals surface area contributed by atoms with Crippen LogP contribution in [0.2, 0.25) is 0 Å². The average molecular weight is 178 g/mol. The lowest BCUT2D eigenvalue weighted by Crippen LogP contribution is -2.12. The first-order chi connectivity index (χ1) is 5.41. The van der Waals surface area contributed by atoms with Crippen LogP contribution in [0.3, 0.4) is 0 Å². The van der Waals surface area contributed by atoms with E-state index in [0.717, 1.165) is 0 Å². The second-order valence-electron chi connectivity index (χ2n) is 1.77. The van der Waals surface area contributed by atoms with E-state index in [9.17, 15) is 0 Å². The Hall–Kier alpha value is 0.0569. The molecule has 0 atom stereocenters. The van der Waals surface area contributed by atoms with Crippen molar-refractivity contribution < 1.29 is 18.3 Å². The SMILES string of the molecule is COCCO[Si]OCCOC. The van der Waals surface area contributed by atoms with Gasteiger partial charge in [0.05, 0.1) is 26.4 Å². The average Bonchev–Trinajstić information content (AvgIpc) is 2.03. The minimum absolute atomic E-state index is 0.0919. The molecule has 0 aromatic heterocycles. The Labute approximate surface area is 69.8 Å². The molecule has 0 spiro atoms. The third-order valence-corrected chi connectivity index (χ3v) is 1.54. The molecule has 5 heteroatoms. The van der Waals surface area contributed by atoms with Crippen LogP contribution in [0.25, 0.3) is 0 Å². The Morgan fingerprint density at radius 1 is 0.818 bits per heavy atom. The Kier molecular flexibility index (Phi) is 10.1. The van der Waals surface area contributed by atoms with Gasteiger partial charge in [-0.15, -0.1) is 0 Å². The molecular weight excluding hydrogens is 164 g/mol. The Bertz CT molecular complexity index is 63.6. The molecule has 4 nitrogen and oxygen atoms in total. The predicted octanol–water partition coefficient (Wildman–Crippen LogP) is -0.153. The molecule has 0 amide bonds. The molecule has 2 radical (unpaired) electrons. The predicted molar refractivity (Wildman–Crippen MR) is 41.4 cm³/mol. The molecule has 0 aliphatic rings. The van der Waals surface area contributed by atoms with Crippen molar-refractivity contribution in [2.75, 3.05) is 40.6 Å². The molecule has 66 valence electrons. The minimum Gasteiger partial charge on any atom is -0.390 e. The Morgan fingerprint density at radius 2 is 1.27 bits per heavy atom. The van der Waals surface area contributed by atoms with Crippen LogP contribution < -0.4 is 0 Å². The molecule has 11 heavy (non-hydrogen) atoms. The summed E-state index contributed by atoms with van der Waals surface area (Å²) in [6, 6.07) is 0. The van der Waals surface area contributed by atoms with E-state index in [1.807, 2.05) is 0 Å². The van der Waals surface area contributed by atoms with Gasteiger partial charge in [-0.1, -0.05) is 0 Å². The normalized spacial score (nSPS) is 10.4. The molecule has 0 fully saturated rings. The first-order valence-corrected chi connectivity index (χ1v) is 4.20. The fourth-order valence-corrected chi connectivity index (χ4v) is 0.792. The molecule has 0 aliphatic carbocycles. The highest BCUT2D eigenvalue weighted by atomic mass is 28.3. The molecular formula is C6H14O4Si. The van der Waals surface area contributed by atoms with Gasteiger partial charge in [0.15, 0.2) is 0 Å². The van der Waals surface area contributed by atoms with Gasteiger partial charge in [-0.25, -0.2) is 0 Å². The Morgan fingerprint density at radius 3 is 1.64 bits per heavy atom. The van der Waals surface area contributed by atoms with Gasteiger partial charge >= 0.3 is 10.0 Å².